The second-order valence-electron chi connectivity index (χ2n) is 6.84. The molecule has 1 fully saturated rings. The van der Waals surface area contributed by atoms with Crippen molar-refractivity contribution in [2.75, 3.05) is 19.5 Å². The molecule has 6 nitrogen and oxygen atoms in total. The second kappa shape index (κ2) is 8.74. The molecule has 0 atom stereocenters. The Morgan fingerprint density at radius 2 is 1.88 bits per heavy atom. The number of rotatable bonds is 6. The van der Waals surface area contributed by atoms with Gasteiger partial charge in [0.05, 0.1) is 20.5 Å². The highest BCUT2D eigenvalue weighted by Crippen LogP contribution is 2.28. The molecule has 1 N–H and O–H groups in total. The van der Waals surface area contributed by atoms with Gasteiger partial charge in [-0.2, -0.15) is 0 Å². The summed E-state index contributed by atoms with van der Waals surface area (Å²) in [5.41, 5.74) is 0.501. The third-order valence-corrected chi connectivity index (χ3v) is 4.96. The molecule has 1 heterocycles. The fraction of sp³-hybridized carbons (Fsp3) is 0.500. The van der Waals surface area contributed by atoms with E-state index in [0.717, 1.165) is 6.54 Å². The summed E-state index contributed by atoms with van der Waals surface area (Å²) in [7, 11) is 3.12. The maximum atomic E-state index is 12.5. The highest BCUT2D eigenvalue weighted by Gasteiger charge is 2.15. The standard InChI is InChI=1S/C20H27N3O3/c1-25-17-10-9-16(11-18(17)26-2)20(24)22-19-13-23(14-21-19)12-15-7-5-3-4-6-8-15/h9-11,13-15H,3-8,12H2,1-2H3,(H,22,24). The van der Waals surface area contributed by atoms with Gasteiger partial charge in [-0.15, -0.1) is 0 Å². The van der Waals surface area contributed by atoms with Crippen molar-refractivity contribution in [3.8, 4) is 11.5 Å². The fourth-order valence-electron chi connectivity index (χ4n) is 3.54. The van der Waals surface area contributed by atoms with Crippen LogP contribution in [0.1, 0.15) is 48.9 Å². The van der Waals surface area contributed by atoms with Crippen molar-refractivity contribution < 1.29 is 14.3 Å². The number of carbonyl (C=O) groups is 1. The van der Waals surface area contributed by atoms with Crippen LogP contribution in [-0.4, -0.2) is 29.7 Å². The monoisotopic (exact) mass is 357 g/mol. The lowest BCUT2D eigenvalue weighted by Crippen LogP contribution is -2.12. The fourth-order valence-corrected chi connectivity index (χ4v) is 3.54. The summed E-state index contributed by atoms with van der Waals surface area (Å²) in [6, 6.07) is 5.09. The minimum absolute atomic E-state index is 0.217. The van der Waals surface area contributed by atoms with Gasteiger partial charge in [0, 0.05) is 18.3 Å². The molecule has 0 spiro atoms. The van der Waals surface area contributed by atoms with Crippen molar-refractivity contribution in [2.24, 2.45) is 5.92 Å². The van der Waals surface area contributed by atoms with Crippen LogP contribution in [0.2, 0.25) is 0 Å². The number of benzene rings is 1. The lowest BCUT2D eigenvalue weighted by Gasteiger charge is -2.14. The minimum atomic E-state index is -0.217. The third-order valence-electron chi connectivity index (χ3n) is 4.96. The van der Waals surface area contributed by atoms with Gasteiger partial charge >= 0.3 is 0 Å². The molecule has 1 aromatic carbocycles. The van der Waals surface area contributed by atoms with Crippen LogP contribution in [-0.2, 0) is 6.54 Å². The largest absolute Gasteiger partial charge is 0.493 e. The summed E-state index contributed by atoms with van der Waals surface area (Å²) < 4.78 is 12.5. The highest BCUT2D eigenvalue weighted by molar-refractivity contribution is 6.04. The summed E-state index contributed by atoms with van der Waals surface area (Å²) in [6.45, 7) is 0.971. The number of aromatic nitrogens is 2. The molecule has 3 rings (SSSR count). The minimum Gasteiger partial charge on any atom is -0.493 e. The number of anilines is 1. The molecule has 26 heavy (non-hydrogen) atoms. The third kappa shape index (κ3) is 4.56. The molecule has 1 amide bonds. The smallest absolute Gasteiger partial charge is 0.256 e. The van der Waals surface area contributed by atoms with E-state index in [1.165, 1.54) is 38.5 Å². The van der Waals surface area contributed by atoms with E-state index < -0.39 is 0 Å². The predicted octanol–water partition coefficient (Wildman–Crippen LogP) is 4.12. The van der Waals surface area contributed by atoms with Crippen LogP contribution >= 0.6 is 0 Å². The van der Waals surface area contributed by atoms with Gasteiger partial charge in [0.1, 0.15) is 0 Å². The number of ether oxygens (including phenoxy) is 2. The van der Waals surface area contributed by atoms with Crippen LogP contribution < -0.4 is 14.8 Å². The number of hydrogen-bond donors (Lipinski definition) is 1. The zero-order valence-electron chi connectivity index (χ0n) is 15.5. The van der Waals surface area contributed by atoms with Gasteiger partial charge in [-0.1, -0.05) is 25.7 Å². The number of amides is 1. The van der Waals surface area contributed by atoms with E-state index >= 15 is 0 Å². The lowest BCUT2D eigenvalue weighted by atomic mass is 10.0. The van der Waals surface area contributed by atoms with Crippen LogP contribution in [0.3, 0.4) is 0 Å². The van der Waals surface area contributed by atoms with E-state index in [4.69, 9.17) is 9.47 Å². The molecule has 1 aliphatic carbocycles. The molecule has 0 aliphatic heterocycles. The molecule has 0 unspecified atom stereocenters. The first-order chi connectivity index (χ1) is 12.7. The van der Waals surface area contributed by atoms with E-state index in [1.807, 2.05) is 6.20 Å². The molecule has 140 valence electrons. The Hall–Kier alpha value is -2.50. The van der Waals surface area contributed by atoms with Gasteiger partial charge in [-0.3, -0.25) is 4.79 Å². The highest BCUT2D eigenvalue weighted by atomic mass is 16.5. The Morgan fingerprint density at radius 3 is 2.58 bits per heavy atom. The molecule has 1 saturated carbocycles. The molecule has 1 aromatic heterocycles. The van der Waals surface area contributed by atoms with E-state index in [1.54, 1.807) is 38.7 Å². The maximum absolute atomic E-state index is 12.5. The SMILES string of the molecule is COc1ccc(C(=O)Nc2cn(CC3CCCCCC3)cn2)cc1OC. The van der Waals surface area contributed by atoms with E-state index in [9.17, 15) is 4.79 Å². The Morgan fingerprint density at radius 1 is 1.15 bits per heavy atom. The van der Waals surface area contributed by atoms with Gasteiger partial charge in [0.2, 0.25) is 0 Å². The van der Waals surface area contributed by atoms with E-state index in [0.29, 0.717) is 28.8 Å². The zero-order chi connectivity index (χ0) is 18.4. The van der Waals surface area contributed by atoms with Crippen molar-refractivity contribution in [2.45, 2.75) is 45.1 Å². The summed E-state index contributed by atoms with van der Waals surface area (Å²) in [5, 5.41) is 2.85. The lowest BCUT2D eigenvalue weighted by molar-refractivity contribution is 0.102. The number of carbonyl (C=O) groups excluding carboxylic acids is 1. The van der Waals surface area contributed by atoms with Crippen LogP contribution in [0.5, 0.6) is 11.5 Å². The van der Waals surface area contributed by atoms with Crippen LogP contribution in [0.15, 0.2) is 30.7 Å². The van der Waals surface area contributed by atoms with Crippen molar-refractivity contribution in [1.82, 2.24) is 9.55 Å². The molecule has 2 aromatic rings. The van der Waals surface area contributed by atoms with Crippen molar-refractivity contribution >= 4 is 11.7 Å². The van der Waals surface area contributed by atoms with Gasteiger partial charge in [0.15, 0.2) is 17.3 Å². The summed E-state index contributed by atoms with van der Waals surface area (Å²) >= 11 is 0. The Balaban J connectivity index is 1.62. The number of methoxy groups -OCH3 is 2. The number of hydrogen-bond acceptors (Lipinski definition) is 4. The average molecular weight is 357 g/mol. The summed E-state index contributed by atoms with van der Waals surface area (Å²) in [6.07, 6.45) is 11.6. The van der Waals surface area contributed by atoms with E-state index in [-0.39, 0.29) is 5.91 Å². The van der Waals surface area contributed by atoms with Crippen LogP contribution in [0.25, 0.3) is 0 Å². The average Bonchev–Trinajstić information content (AvgIpc) is 2.93. The van der Waals surface area contributed by atoms with Gasteiger partial charge in [-0.05, 0) is 37.0 Å². The molecule has 1 aliphatic rings. The zero-order valence-corrected chi connectivity index (χ0v) is 15.5. The second-order valence-corrected chi connectivity index (χ2v) is 6.84. The molecule has 0 saturated heterocycles. The first-order valence-electron chi connectivity index (χ1n) is 9.24. The molecule has 0 radical (unpaired) electrons. The Labute approximate surface area is 154 Å². The van der Waals surface area contributed by atoms with Gasteiger partial charge in [-0.25, -0.2) is 4.98 Å². The topological polar surface area (TPSA) is 65.4 Å². The van der Waals surface area contributed by atoms with Crippen molar-refractivity contribution in [3.05, 3.63) is 36.3 Å². The van der Waals surface area contributed by atoms with E-state index in [2.05, 4.69) is 14.9 Å². The molecule has 0 bridgehead atoms. The van der Waals surface area contributed by atoms with Gasteiger partial charge < -0.3 is 19.4 Å². The molecular formula is C20H27N3O3. The number of nitrogens with one attached hydrogen (secondary N) is 1. The quantitative estimate of drug-likeness (QED) is 0.790. The molecule has 6 heteroatoms. The summed E-state index contributed by atoms with van der Waals surface area (Å²) in [4.78, 5) is 16.8. The van der Waals surface area contributed by atoms with Crippen LogP contribution in [0, 0.1) is 5.92 Å². The maximum Gasteiger partial charge on any atom is 0.256 e. The first kappa shape index (κ1) is 18.3. The van der Waals surface area contributed by atoms with Crippen LogP contribution in [0.4, 0.5) is 5.82 Å². The Kier molecular flexibility index (Phi) is 6.15. The number of imidazole rings is 1. The summed E-state index contributed by atoms with van der Waals surface area (Å²) in [5.74, 6) is 2.18. The van der Waals surface area contributed by atoms with Crippen molar-refractivity contribution in [1.29, 1.82) is 0 Å². The number of nitrogens with zero attached hydrogens (tertiary/aromatic N) is 2. The first-order valence-corrected chi connectivity index (χ1v) is 9.24. The predicted molar refractivity (Wildman–Crippen MR) is 101 cm³/mol. The Bertz CT molecular complexity index is 734. The normalized spacial score (nSPS) is 15.3. The molecular weight excluding hydrogens is 330 g/mol. The van der Waals surface area contributed by atoms with Gasteiger partial charge in [0.25, 0.3) is 5.91 Å². The van der Waals surface area contributed by atoms with Crippen molar-refractivity contribution in [3.63, 3.8) is 0 Å².